The van der Waals surface area contributed by atoms with Crippen LogP contribution in [0.3, 0.4) is 0 Å². The highest BCUT2D eigenvalue weighted by molar-refractivity contribution is 9.10. The summed E-state index contributed by atoms with van der Waals surface area (Å²) in [5, 5.41) is 19.1. The lowest BCUT2D eigenvalue weighted by atomic mass is 9.77. The molecule has 0 spiro atoms. The molecule has 0 atom stereocenters. The lowest BCUT2D eigenvalue weighted by Gasteiger charge is -2.37. The van der Waals surface area contributed by atoms with E-state index in [0.717, 1.165) is 22.3 Å². The van der Waals surface area contributed by atoms with E-state index >= 15 is 0 Å². The Balaban J connectivity index is 1.56. The van der Waals surface area contributed by atoms with Crippen LogP contribution in [0.15, 0.2) is 132 Å². The summed E-state index contributed by atoms with van der Waals surface area (Å²) in [6.45, 7) is 2.35. The molecule has 242 valence electrons. The van der Waals surface area contributed by atoms with Gasteiger partial charge in [0.2, 0.25) is 0 Å². The molecule has 0 saturated carbocycles. The maximum Gasteiger partial charge on any atom is 0.320 e. The number of carbonyl (C=O) groups is 1. The first-order chi connectivity index (χ1) is 23.3. The molecule has 10 heteroatoms. The zero-order valence-electron chi connectivity index (χ0n) is 26.1. The molecule has 0 bridgehead atoms. The number of nitro benzene ring substituents is 1. The van der Waals surface area contributed by atoms with Gasteiger partial charge in [-0.25, -0.2) is 4.68 Å². The van der Waals surface area contributed by atoms with Crippen molar-refractivity contribution < 1.29 is 14.5 Å². The molecule has 0 aliphatic rings. The molecule has 0 radical (unpaired) electrons. The van der Waals surface area contributed by atoms with Crippen LogP contribution in [0, 0.1) is 10.1 Å². The second-order valence-electron chi connectivity index (χ2n) is 11.3. The van der Waals surface area contributed by atoms with Crippen LogP contribution >= 0.6 is 27.5 Å². The highest BCUT2D eigenvalue weighted by Gasteiger charge is 2.41. The lowest BCUT2D eigenvalue weighted by Crippen LogP contribution is -2.38. The van der Waals surface area contributed by atoms with E-state index in [0.29, 0.717) is 32.6 Å². The van der Waals surface area contributed by atoms with Crippen molar-refractivity contribution >= 4 is 50.1 Å². The summed E-state index contributed by atoms with van der Waals surface area (Å²) in [4.78, 5) is 26.9. The number of hydrogen-bond acceptors (Lipinski definition) is 6. The van der Waals surface area contributed by atoms with Gasteiger partial charge in [0.1, 0.15) is 10.1 Å². The van der Waals surface area contributed by atoms with Crippen LogP contribution in [0.5, 0.6) is 0 Å². The number of esters is 1. The van der Waals surface area contributed by atoms with Crippen LogP contribution < -0.4 is 0 Å². The van der Waals surface area contributed by atoms with Gasteiger partial charge in [-0.1, -0.05) is 115 Å². The van der Waals surface area contributed by atoms with E-state index in [1.54, 1.807) is 25.1 Å². The van der Waals surface area contributed by atoms with E-state index in [9.17, 15) is 14.9 Å². The van der Waals surface area contributed by atoms with Crippen LogP contribution in [0.2, 0.25) is 5.02 Å². The van der Waals surface area contributed by atoms with E-state index < -0.39 is 11.5 Å². The van der Waals surface area contributed by atoms with Gasteiger partial charge < -0.3 is 4.74 Å². The van der Waals surface area contributed by atoms with Crippen molar-refractivity contribution in [2.45, 2.75) is 25.6 Å². The smallest absolute Gasteiger partial charge is 0.320 e. The molecule has 0 aliphatic carbocycles. The topological polar surface area (TPSA) is 90.5 Å². The number of ether oxygens (including phenoxy) is 1. The fraction of sp³-hybridized carbons (Fsp3) is 0.158. The third-order valence-corrected chi connectivity index (χ3v) is 9.09. The van der Waals surface area contributed by atoms with Gasteiger partial charge >= 0.3 is 5.97 Å². The fourth-order valence-corrected chi connectivity index (χ4v) is 7.00. The molecule has 6 rings (SSSR count). The van der Waals surface area contributed by atoms with Crippen molar-refractivity contribution in [3.63, 3.8) is 0 Å². The first-order valence-corrected chi connectivity index (χ1v) is 16.6. The fourth-order valence-electron chi connectivity index (χ4n) is 6.31. The monoisotopic (exact) mass is 722 g/mol. The molecule has 0 fully saturated rings. The highest BCUT2D eigenvalue weighted by Crippen LogP contribution is 2.44. The Morgan fingerprint density at radius 1 is 0.875 bits per heavy atom. The third-order valence-electron chi connectivity index (χ3n) is 8.27. The molecule has 48 heavy (non-hydrogen) atoms. The predicted octanol–water partition coefficient (Wildman–Crippen LogP) is 8.77. The summed E-state index contributed by atoms with van der Waals surface area (Å²) >= 11 is 9.96. The SMILES string of the molecule is CCOC(=O)CN(Cc1cccc(Cl)c1)Cc1cc2c(Br)nn(C(c3ccccc3)(c3ccccc3)c3ccccc3)c2cc1[N+](=O)[O-]. The number of fused-ring (bicyclic) bond motifs is 1. The minimum atomic E-state index is -0.980. The van der Waals surface area contributed by atoms with Gasteiger partial charge in [-0.2, -0.15) is 5.10 Å². The summed E-state index contributed by atoms with van der Waals surface area (Å²) in [5.74, 6) is -0.421. The largest absolute Gasteiger partial charge is 0.465 e. The Labute approximate surface area is 291 Å². The van der Waals surface area contributed by atoms with Crippen molar-refractivity contribution in [2.75, 3.05) is 13.2 Å². The summed E-state index contributed by atoms with van der Waals surface area (Å²) in [5.41, 5.74) is 3.62. The van der Waals surface area contributed by atoms with E-state index in [2.05, 4.69) is 15.9 Å². The Kier molecular flexibility index (Phi) is 10.0. The van der Waals surface area contributed by atoms with Crippen LogP contribution in [0.4, 0.5) is 5.69 Å². The van der Waals surface area contributed by atoms with Crippen molar-refractivity contribution in [2.24, 2.45) is 0 Å². The van der Waals surface area contributed by atoms with E-state index in [-0.39, 0.29) is 30.3 Å². The Bertz CT molecular complexity index is 1960. The van der Waals surface area contributed by atoms with Crippen LogP contribution in [0.1, 0.15) is 34.7 Å². The van der Waals surface area contributed by atoms with Crippen molar-refractivity contribution in [3.05, 3.63) is 175 Å². The third kappa shape index (κ3) is 6.62. The van der Waals surface area contributed by atoms with Crippen LogP contribution in [-0.4, -0.2) is 38.7 Å². The summed E-state index contributed by atoms with van der Waals surface area (Å²) in [7, 11) is 0. The summed E-state index contributed by atoms with van der Waals surface area (Å²) < 4.78 is 7.66. The molecule has 0 aliphatic heterocycles. The van der Waals surface area contributed by atoms with Crippen LogP contribution in [-0.2, 0) is 28.2 Å². The lowest BCUT2D eigenvalue weighted by molar-refractivity contribution is -0.385. The summed E-state index contributed by atoms with van der Waals surface area (Å²) in [6, 6.07) is 40.8. The normalized spacial score (nSPS) is 11.6. The van der Waals surface area contributed by atoms with Gasteiger partial charge in [0.05, 0.1) is 23.6 Å². The molecule has 0 N–H and O–H groups in total. The molecular weight excluding hydrogens is 692 g/mol. The minimum Gasteiger partial charge on any atom is -0.465 e. The molecule has 5 aromatic carbocycles. The maximum absolute atomic E-state index is 12.8. The minimum absolute atomic E-state index is 0.0604. The van der Waals surface area contributed by atoms with Gasteiger partial charge in [-0.3, -0.25) is 19.8 Å². The van der Waals surface area contributed by atoms with Gasteiger partial charge in [0.15, 0.2) is 0 Å². The molecular formula is C38H32BrClN4O4. The second-order valence-corrected chi connectivity index (χ2v) is 12.5. The first kappa shape index (κ1) is 33.1. The second kappa shape index (κ2) is 14.5. The Morgan fingerprint density at radius 3 is 1.98 bits per heavy atom. The molecule has 0 unspecified atom stereocenters. The molecule has 1 heterocycles. The quantitative estimate of drug-likeness (QED) is 0.0543. The zero-order chi connectivity index (χ0) is 33.7. The molecule has 0 amide bonds. The average Bonchev–Trinajstić information content (AvgIpc) is 3.41. The number of carbonyl (C=O) groups excluding carboxylic acids is 1. The number of hydrogen-bond donors (Lipinski definition) is 0. The first-order valence-electron chi connectivity index (χ1n) is 15.5. The Morgan fingerprint density at radius 2 is 1.46 bits per heavy atom. The number of nitrogens with zero attached hydrogens (tertiary/aromatic N) is 4. The number of halogens is 2. The van der Waals surface area contributed by atoms with Crippen molar-refractivity contribution in [3.8, 4) is 0 Å². The van der Waals surface area contributed by atoms with E-state index in [1.807, 2.05) is 119 Å². The Hall–Kier alpha value is -4.83. The zero-order valence-corrected chi connectivity index (χ0v) is 28.5. The number of nitro groups is 1. The van der Waals surface area contributed by atoms with Gasteiger partial charge in [0.25, 0.3) is 5.69 Å². The highest BCUT2D eigenvalue weighted by atomic mass is 79.9. The predicted molar refractivity (Wildman–Crippen MR) is 191 cm³/mol. The number of rotatable bonds is 12. The van der Waals surface area contributed by atoms with Gasteiger partial charge in [0, 0.05) is 35.1 Å². The molecule has 1 aromatic heterocycles. The standard InChI is InChI=1S/C38H32BrClN4O4/c1-2-48-36(45)26-42(24-27-13-12-20-32(40)21-27)25-28-22-33-35(23-34(28)44(46)47)43(41-37(33)39)38(29-14-6-3-7-15-29,30-16-8-4-9-17-30)31-18-10-5-11-19-31/h3-23H,2,24-26H2,1H3. The average molecular weight is 724 g/mol. The number of aromatic nitrogens is 2. The van der Waals surface area contributed by atoms with E-state index in [1.165, 1.54) is 0 Å². The molecule has 0 saturated heterocycles. The number of benzene rings is 5. The molecule has 8 nitrogen and oxygen atoms in total. The van der Waals surface area contributed by atoms with Gasteiger partial charge in [-0.15, -0.1) is 0 Å². The van der Waals surface area contributed by atoms with Crippen LogP contribution in [0.25, 0.3) is 10.9 Å². The summed E-state index contributed by atoms with van der Waals surface area (Å²) in [6.07, 6.45) is 0. The maximum atomic E-state index is 12.8. The molecule has 6 aromatic rings. The van der Waals surface area contributed by atoms with E-state index in [4.69, 9.17) is 21.4 Å². The van der Waals surface area contributed by atoms with Crippen molar-refractivity contribution in [1.29, 1.82) is 0 Å². The van der Waals surface area contributed by atoms with Gasteiger partial charge in [-0.05, 0) is 63.3 Å². The van der Waals surface area contributed by atoms with Crippen molar-refractivity contribution in [1.82, 2.24) is 14.7 Å².